The monoisotopic (exact) mass is 503 g/mol. The molecule has 0 saturated carbocycles. The number of amides is 1. The molecule has 2 fully saturated rings. The lowest BCUT2D eigenvalue weighted by molar-refractivity contribution is -0.131. The molecule has 0 spiro atoms. The molecule has 6 nitrogen and oxygen atoms in total. The van der Waals surface area contributed by atoms with Crippen LogP contribution in [-0.2, 0) is 10.4 Å². The third kappa shape index (κ3) is 5.31. The Labute approximate surface area is 221 Å². The van der Waals surface area contributed by atoms with Crippen molar-refractivity contribution in [3.8, 4) is 11.8 Å². The summed E-state index contributed by atoms with van der Waals surface area (Å²) in [5.74, 6) is 6.69. The minimum absolute atomic E-state index is 0.00688. The van der Waals surface area contributed by atoms with E-state index in [1.807, 2.05) is 23.1 Å². The van der Waals surface area contributed by atoms with E-state index < -0.39 is 11.2 Å². The molecule has 2 aliphatic heterocycles. The molecule has 37 heavy (non-hydrogen) atoms. The normalized spacial score (nSPS) is 21.4. The molecule has 4 rings (SSSR count). The summed E-state index contributed by atoms with van der Waals surface area (Å²) in [5, 5.41) is 23.6. The van der Waals surface area contributed by atoms with Crippen LogP contribution < -0.4 is 0 Å². The molecule has 2 aromatic rings. The van der Waals surface area contributed by atoms with Crippen LogP contribution in [0.3, 0.4) is 0 Å². The van der Waals surface area contributed by atoms with Crippen molar-refractivity contribution in [2.75, 3.05) is 33.2 Å². The lowest BCUT2D eigenvalue weighted by Gasteiger charge is -2.55. The average molecular weight is 504 g/mol. The molecule has 2 aliphatic rings. The highest BCUT2D eigenvalue weighted by atomic mass is 16.3. The lowest BCUT2D eigenvalue weighted by Crippen LogP contribution is -2.63. The molecule has 0 radical (unpaired) electrons. The fourth-order valence-electron chi connectivity index (χ4n) is 6.11. The second-order valence-electron chi connectivity index (χ2n) is 11.9. The van der Waals surface area contributed by atoms with Crippen molar-refractivity contribution in [3.05, 3.63) is 65.0 Å². The Kier molecular flexibility index (Phi) is 7.54. The quantitative estimate of drug-likeness (QED) is 0.608. The standard InChI is InChI=1S/C31H41N3O3/c1-22(2)25-7-9-27(10-8-25)31(37,29(4)20-33(6)21-29)28-17-24(18-32-19-28)11-14-30(5,36)26-12-15-34(16-13-26)23(3)35/h7-10,17-19,22,26,36-37H,12-13,15-16,20-21H2,1-6H3/t30?,31-/m0/s1. The van der Waals surface area contributed by atoms with Gasteiger partial charge in [-0.1, -0.05) is 56.9 Å². The molecule has 6 heteroatoms. The number of nitrogens with zero attached hydrogens (tertiary/aromatic N) is 3. The van der Waals surface area contributed by atoms with Gasteiger partial charge in [0.15, 0.2) is 0 Å². The van der Waals surface area contributed by atoms with Crippen LogP contribution in [0.5, 0.6) is 0 Å². The summed E-state index contributed by atoms with van der Waals surface area (Å²) in [7, 11) is 2.06. The number of rotatable bonds is 5. The first-order chi connectivity index (χ1) is 17.4. The minimum Gasteiger partial charge on any atom is -0.380 e. The Balaban J connectivity index is 1.64. The van der Waals surface area contributed by atoms with Crippen molar-refractivity contribution in [3.63, 3.8) is 0 Å². The summed E-state index contributed by atoms with van der Waals surface area (Å²) in [4.78, 5) is 20.1. The number of likely N-dealkylation sites (tertiary alicyclic amines) is 2. The van der Waals surface area contributed by atoms with Gasteiger partial charge in [0.1, 0.15) is 11.2 Å². The molecule has 198 valence electrons. The predicted octanol–water partition coefficient (Wildman–Crippen LogP) is 3.75. The number of carbonyl (C=O) groups excluding carboxylic acids is 1. The Morgan fingerprint density at radius 2 is 1.73 bits per heavy atom. The van der Waals surface area contributed by atoms with Gasteiger partial charge in [0.05, 0.1) is 0 Å². The maximum atomic E-state index is 12.4. The van der Waals surface area contributed by atoms with Gasteiger partial charge >= 0.3 is 0 Å². The second-order valence-corrected chi connectivity index (χ2v) is 11.9. The number of carbonyl (C=O) groups is 1. The van der Waals surface area contributed by atoms with E-state index in [-0.39, 0.29) is 17.2 Å². The summed E-state index contributed by atoms with van der Waals surface area (Å²) in [6.45, 7) is 12.6. The molecule has 2 saturated heterocycles. The SMILES string of the molecule is CC(=O)N1CCC(C(C)(O)C#Cc2cncc([C@@](O)(c3ccc(C(C)C)cc3)C3(C)CN(C)C3)c2)CC1. The molecule has 1 unspecified atom stereocenters. The molecule has 2 N–H and O–H groups in total. The average Bonchev–Trinajstić information content (AvgIpc) is 2.86. The molecule has 1 aromatic heterocycles. The number of pyridine rings is 1. The first-order valence-electron chi connectivity index (χ1n) is 13.3. The van der Waals surface area contributed by atoms with Gasteiger partial charge in [-0.3, -0.25) is 9.78 Å². The second kappa shape index (κ2) is 10.2. The van der Waals surface area contributed by atoms with Crippen LogP contribution in [-0.4, -0.2) is 69.7 Å². The molecular formula is C31H41N3O3. The molecule has 3 heterocycles. The van der Waals surface area contributed by atoms with Gasteiger partial charge in [-0.2, -0.15) is 0 Å². The smallest absolute Gasteiger partial charge is 0.219 e. The highest BCUT2D eigenvalue weighted by Crippen LogP contribution is 2.50. The fraction of sp³-hybridized carbons (Fsp3) is 0.548. The minimum atomic E-state index is -1.23. The van der Waals surface area contributed by atoms with E-state index in [1.54, 1.807) is 26.2 Å². The van der Waals surface area contributed by atoms with E-state index in [4.69, 9.17) is 0 Å². The zero-order valence-electron chi connectivity index (χ0n) is 23.1. The highest BCUT2D eigenvalue weighted by Gasteiger charge is 2.55. The molecule has 1 amide bonds. The summed E-state index contributed by atoms with van der Waals surface area (Å²) >= 11 is 0. The molecule has 0 bridgehead atoms. The number of aliphatic hydroxyl groups is 2. The lowest BCUT2D eigenvalue weighted by atomic mass is 9.62. The van der Waals surface area contributed by atoms with Crippen LogP contribution in [0.4, 0.5) is 0 Å². The van der Waals surface area contributed by atoms with Crippen molar-refractivity contribution in [2.24, 2.45) is 11.3 Å². The summed E-state index contributed by atoms with van der Waals surface area (Å²) < 4.78 is 0. The van der Waals surface area contributed by atoms with Crippen LogP contribution in [0, 0.1) is 23.2 Å². The first kappa shape index (κ1) is 27.3. The van der Waals surface area contributed by atoms with Crippen molar-refractivity contribution in [1.29, 1.82) is 0 Å². The van der Waals surface area contributed by atoms with E-state index in [2.05, 4.69) is 61.7 Å². The molecule has 1 aromatic carbocycles. The molecule has 2 atom stereocenters. The van der Waals surface area contributed by atoms with Gasteiger partial charge in [-0.15, -0.1) is 0 Å². The highest BCUT2D eigenvalue weighted by molar-refractivity contribution is 5.73. The van der Waals surface area contributed by atoms with Crippen molar-refractivity contribution in [2.45, 2.75) is 64.6 Å². The Bertz CT molecular complexity index is 1180. The van der Waals surface area contributed by atoms with Crippen molar-refractivity contribution < 1.29 is 15.0 Å². The topological polar surface area (TPSA) is 76.9 Å². The van der Waals surface area contributed by atoms with Gasteiger partial charge in [-0.25, -0.2) is 0 Å². The van der Waals surface area contributed by atoms with E-state index in [1.165, 1.54) is 5.56 Å². The van der Waals surface area contributed by atoms with Crippen LogP contribution in [0.2, 0.25) is 0 Å². The van der Waals surface area contributed by atoms with Gasteiger partial charge in [-0.05, 0) is 49.9 Å². The van der Waals surface area contributed by atoms with Gasteiger partial charge in [0, 0.05) is 68.0 Å². The predicted molar refractivity (Wildman–Crippen MR) is 146 cm³/mol. The number of piperidine rings is 1. The van der Waals surface area contributed by atoms with Crippen LogP contribution in [0.25, 0.3) is 0 Å². The maximum absolute atomic E-state index is 12.4. The first-order valence-corrected chi connectivity index (χ1v) is 13.3. The maximum Gasteiger partial charge on any atom is 0.219 e. The number of hydrogen-bond acceptors (Lipinski definition) is 5. The van der Waals surface area contributed by atoms with Gasteiger partial charge in [0.2, 0.25) is 5.91 Å². The van der Waals surface area contributed by atoms with E-state index in [9.17, 15) is 15.0 Å². The van der Waals surface area contributed by atoms with Crippen molar-refractivity contribution in [1.82, 2.24) is 14.8 Å². The summed E-state index contributed by atoms with van der Waals surface area (Å²) in [6, 6.07) is 10.2. The van der Waals surface area contributed by atoms with Crippen LogP contribution >= 0.6 is 0 Å². The summed E-state index contributed by atoms with van der Waals surface area (Å²) in [5.41, 5.74) is 0.658. The Morgan fingerprint density at radius 1 is 1.11 bits per heavy atom. The Hall–Kier alpha value is -2.72. The molecule has 0 aliphatic carbocycles. The number of benzene rings is 1. The zero-order chi connectivity index (χ0) is 27.0. The third-order valence-corrected chi connectivity index (χ3v) is 8.46. The van der Waals surface area contributed by atoms with Crippen molar-refractivity contribution >= 4 is 5.91 Å². The van der Waals surface area contributed by atoms with E-state index in [0.717, 1.165) is 31.5 Å². The van der Waals surface area contributed by atoms with E-state index >= 15 is 0 Å². The van der Waals surface area contributed by atoms with Gasteiger partial charge < -0.3 is 20.0 Å². The number of aromatic nitrogens is 1. The van der Waals surface area contributed by atoms with Crippen LogP contribution in [0.15, 0.2) is 42.7 Å². The summed E-state index contributed by atoms with van der Waals surface area (Å²) in [6.07, 6.45) is 4.86. The van der Waals surface area contributed by atoms with E-state index in [0.29, 0.717) is 30.1 Å². The fourth-order valence-corrected chi connectivity index (χ4v) is 6.11. The van der Waals surface area contributed by atoms with Gasteiger partial charge in [0.25, 0.3) is 0 Å². The third-order valence-electron chi connectivity index (χ3n) is 8.46. The zero-order valence-corrected chi connectivity index (χ0v) is 23.1. The van der Waals surface area contributed by atoms with Crippen LogP contribution in [0.1, 0.15) is 75.6 Å². The largest absolute Gasteiger partial charge is 0.380 e. The molecular weight excluding hydrogens is 462 g/mol. The number of hydrogen-bond donors (Lipinski definition) is 2. The Morgan fingerprint density at radius 3 is 2.27 bits per heavy atom.